The molecule has 0 saturated carbocycles. The largest absolute Gasteiger partial charge is 0.459 e. The SMILES string of the molecule is CCCNC(CC(C)COC)c1cc2cc(F)ccc2o1. The predicted octanol–water partition coefficient (Wildman–Crippen LogP) is 4.29. The molecule has 0 aliphatic rings. The van der Waals surface area contributed by atoms with Crippen LogP contribution in [0.1, 0.15) is 38.5 Å². The van der Waals surface area contributed by atoms with Gasteiger partial charge in [-0.3, -0.25) is 0 Å². The fourth-order valence-electron chi connectivity index (χ4n) is 2.58. The fourth-order valence-corrected chi connectivity index (χ4v) is 2.58. The molecule has 0 aliphatic heterocycles. The van der Waals surface area contributed by atoms with Gasteiger partial charge in [0, 0.05) is 19.1 Å². The average molecular weight is 293 g/mol. The quantitative estimate of drug-likeness (QED) is 0.788. The van der Waals surface area contributed by atoms with E-state index in [4.69, 9.17) is 9.15 Å². The summed E-state index contributed by atoms with van der Waals surface area (Å²) in [7, 11) is 1.72. The molecule has 21 heavy (non-hydrogen) atoms. The number of nitrogens with one attached hydrogen (secondary N) is 1. The maximum atomic E-state index is 13.3. The molecule has 116 valence electrons. The number of hydrogen-bond acceptors (Lipinski definition) is 3. The van der Waals surface area contributed by atoms with Crippen LogP contribution in [0.5, 0.6) is 0 Å². The van der Waals surface area contributed by atoms with Crippen molar-refractivity contribution in [2.75, 3.05) is 20.3 Å². The van der Waals surface area contributed by atoms with Gasteiger partial charge in [0.25, 0.3) is 0 Å². The third-order valence-electron chi connectivity index (χ3n) is 3.57. The third kappa shape index (κ3) is 4.29. The van der Waals surface area contributed by atoms with Gasteiger partial charge >= 0.3 is 0 Å². The van der Waals surface area contributed by atoms with Crippen LogP contribution < -0.4 is 5.32 Å². The van der Waals surface area contributed by atoms with Gasteiger partial charge < -0.3 is 14.5 Å². The van der Waals surface area contributed by atoms with Crippen molar-refractivity contribution in [1.82, 2.24) is 5.32 Å². The van der Waals surface area contributed by atoms with Gasteiger partial charge in [-0.05, 0) is 49.6 Å². The van der Waals surface area contributed by atoms with Crippen molar-refractivity contribution >= 4 is 11.0 Å². The molecule has 0 spiro atoms. The average Bonchev–Trinajstić information content (AvgIpc) is 2.86. The smallest absolute Gasteiger partial charge is 0.134 e. The van der Waals surface area contributed by atoms with Gasteiger partial charge in [0.05, 0.1) is 6.04 Å². The lowest BCUT2D eigenvalue weighted by molar-refractivity contribution is 0.147. The van der Waals surface area contributed by atoms with Crippen LogP contribution in [0.3, 0.4) is 0 Å². The Labute approximate surface area is 125 Å². The minimum atomic E-state index is -0.235. The monoisotopic (exact) mass is 293 g/mol. The lowest BCUT2D eigenvalue weighted by atomic mass is 10.0. The molecular weight excluding hydrogens is 269 g/mol. The molecule has 0 amide bonds. The highest BCUT2D eigenvalue weighted by atomic mass is 19.1. The zero-order valence-electron chi connectivity index (χ0n) is 13.0. The minimum absolute atomic E-state index is 0.130. The molecule has 0 saturated heterocycles. The summed E-state index contributed by atoms with van der Waals surface area (Å²) < 4.78 is 24.4. The second kappa shape index (κ2) is 7.57. The van der Waals surface area contributed by atoms with Gasteiger partial charge in [-0.2, -0.15) is 0 Å². The number of fused-ring (bicyclic) bond motifs is 1. The molecule has 0 bridgehead atoms. The Hall–Kier alpha value is -1.39. The summed E-state index contributed by atoms with van der Waals surface area (Å²) >= 11 is 0. The van der Waals surface area contributed by atoms with Gasteiger partial charge in [-0.1, -0.05) is 13.8 Å². The fraction of sp³-hybridized carbons (Fsp3) is 0.529. The summed E-state index contributed by atoms with van der Waals surface area (Å²) in [6.07, 6.45) is 1.99. The number of hydrogen-bond donors (Lipinski definition) is 1. The molecule has 1 N–H and O–H groups in total. The van der Waals surface area contributed by atoms with Gasteiger partial charge in [0.15, 0.2) is 0 Å². The topological polar surface area (TPSA) is 34.4 Å². The van der Waals surface area contributed by atoms with Crippen LogP contribution in [0.2, 0.25) is 0 Å². The summed E-state index contributed by atoms with van der Waals surface area (Å²) in [6.45, 7) is 5.94. The number of benzene rings is 1. The highest BCUT2D eigenvalue weighted by molar-refractivity contribution is 5.78. The molecule has 0 fully saturated rings. The van der Waals surface area contributed by atoms with Crippen molar-refractivity contribution in [3.05, 3.63) is 35.8 Å². The Kier molecular flexibility index (Phi) is 5.76. The van der Waals surface area contributed by atoms with Gasteiger partial charge in [-0.25, -0.2) is 4.39 Å². The molecule has 2 rings (SSSR count). The highest BCUT2D eigenvalue weighted by Gasteiger charge is 2.19. The maximum absolute atomic E-state index is 13.3. The van der Waals surface area contributed by atoms with Gasteiger partial charge in [-0.15, -0.1) is 0 Å². The molecule has 2 atom stereocenters. The van der Waals surface area contributed by atoms with Crippen LogP contribution in [0.25, 0.3) is 11.0 Å². The standard InChI is InChI=1S/C17H24FNO2/c1-4-7-19-15(8-12(2)11-20-3)17-10-13-9-14(18)5-6-16(13)21-17/h5-6,9-10,12,15,19H,4,7-8,11H2,1-3H3. The van der Waals surface area contributed by atoms with E-state index < -0.39 is 0 Å². The van der Waals surface area contributed by atoms with E-state index in [1.54, 1.807) is 13.2 Å². The number of furan rings is 1. The normalized spacial score (nSPS) is 14.5. The molecular formula is C17H24FNO2. The van der Waals surface area contributed by atoms with Gasteiger partial charge in [0.2, 0.25) is 0 Å². The zero-order chi connectivity index (χ0) is 15.2. The second-order valence-corrected chi connectivity index (χ2v) is 5.63. The Balaban J connectivity index is 2.20. The van der Waals surface area contributed by atoms with Crippen LogP contribution in [0.4, 0.5) is 4.39 Å². The van der Waals surface area contributed by atoms with E-state index in [0.717, 1.165) is 42.7 Å². The van der Waals surface area contributed by atoms with Crippen LogP contribution in [0, 0.1) is 11.7 Å². The van der Waals surface area contributed by atoms with E-state index in [9.17, 15) is 4.39 Å². The number of halogens is 1. The summed E-state index contributed by atoms with van der Waals surface area (Å²) in [5.74, 6) is 1.06. The van der Waals surface area contributed by atoms with E-state index in [1.807, 2.05) is 6.07 Å². The Morgan fingerprint density at radius 2 is 2.14 bits per heavy atom. The van der Waals surface area contributed by atoms with Crippen molar-refractivity contribution in [2.24, 2.45) is 5.92 Å². The first-order valence-corrected chi connectivity index (χ1v) is 7.55. The van der Waals surface area contributed by atoms with Crippen LogP contribution in [-0.4, -0.2) is 20.3 Å². The maximum Gasteiger partial charge on any atom is 0.134 e. The Morgan fingerprint density at radius 1 is 1.33 bits per heavy atom. The van der Waals surface area contributed by atoms with Crippen LogP contribution in [-0.2, 0) is 4.74 Å². The van der Waals surface area contributed by atoms with E-state index in [1.165, 1.54) is 12.1 Å². The molecule has 2 unspecified atom stereocenters. The molecule has 2 aromatic rings. The summed E-state index contributed by atoms with van der Waals surface area (Å²) in [6, 6.07) is 6.69. The third-order valence-corrected chi connectivity index (χ3v) is 3.57. The number of ether oxygens (including phenoxy) is 1. The molecule has 0 aliphatic carbocycles. The summed E-state index contributed by atoms with van der Waals surface area (Å²) in [5, 5.41) is 4.32. The lowest BCUT2D eigenvalue weighted by Gasteiger charge is -2.20. The molecule has 1 heterocycles. The second-order valence-electron chi connectivity index (χ2n) is 5.63. The van der Waals surface area contributed by atoms with Crippen molar-refractivity contribution in [2.45, 2.75) is 32.7 Å². The number of methoxy groups -OCH3 is 1. The first kappa shape index (κ1) is 16.0. The first-order valence-electron chi connectivity index (χ1n) is 7.55. The minimum Gasteiger partial charge on any atom is -0.459 e. The molecule has 1 aromatic carbocycles. The summed E-state index contributed by atoms with van der Waals surface area (Å²) in [4.78, 5) is 0. The Bertz CT molecular complexity index is 567. The van der Waals surface area contributed by atoms with Crippen molar-refractivity contribution in [1.29, 1.82) is 0 Å². The lowest BCUT2D eigenvalue weighted by Crippen LogP contribution is -2.24. The molecule has 0 radical (unpaired) electrons. The van der Waals surface area contributed by atoms with Crippen molar-refractivity contribution in [3.8, 4) is 0 Å². The van der Waals surface area contributed by atoms with Gasteiger partial charge in [0.1, 0.15) is 17.2 Å². The molecule has 4 heteroatoms. The van der Waals surface area contributed by atoms with E-state index in [0.29, 0.717) is 5.92 Å². The predicted molar refractivity (Wildman–Crippen MR) is 82.9 cm³/mol. The van der Waals surface area contributed by atoms with Crippen molar-refractivity contribution < 1.29 is 13.5 Å². The van der Waals surface area contributed by atoms with Crippen LogP contribution in [0.15, 0.2) is 28.7 Å². The highest BCUT2D eigenvalue weighted by Crippen LogP contribution is 2.28. The van der Waals surface area contributed by atoms with Crippen molar-refractivity contribution in [3.63, 3.8) is 0 Å². The van der Waals surface area contributed by atoms with E-state index in [-0.39, 0.29) is 11.9 Å². The first-order chi connectivity index (χ1) is 10.1. The zero-order valence-corrected chi connectivity index (χ0v) is 13.0. The Morgan fingerprint density at radius 3 is 2.86 bits per heavy atom. The number of rotatable bonds is 8. The van der Waals surface area contributed by atoms with Crippen LogP contribution >= 0.6 is 0 Å². The molecule has 1 aromatic heterocycles. The van der Waals surface area contributed by atoms with E-state index in [2.05, 4.69) is 19.2 Å². The summed E-state index contributed by atoms with van der Waals surface area (Å²) in [5.41, 5.74) is 0.731. The molecule has 3 nitrogen and oxygen atoms in total. The van der Waals surface area contributed by atoms with E-state index >= 15 is 0 Å².